The van der Waals surface area contributed by atoms with Crippen LogP contribution in [-0.4, -0.2) is 63.7 Å². The lowest BCUT2D eigenvalue weighted by Gasteiger charge is -2.35. The predicted molar refractivity (Wildman–Crippen MR) is 174 cm³/mol. The minimum atomic E-state index is 0.396. The maximum Gasteiger partial charge on any atom is 0.181 e. The van der Waals surface area contributed by atoms with Gasteiger partial charge in [0.15, 0.2) is 11.5 Å². The van der Waals surface area contributed by atoms with Crippen LogP contribution < -0.4 is 0 Å². The maximum absolute atomic E-state index is 6.17. The lowest BCUT2D eigenvalue weighted by molar-refractivity contribution is 0.0679. The first-order valence-electron chi connectivity index (χ1n) is 16.1. The highest BCUT2D eigenvalue weighted by Crippen LogP contribution is 2.40. The maximum atomic E-state index is 6.17. The predicted octanol–water partition coefficient (Wildman–Crippen LogP) is 7.78. The Kier molecular flexibility index (Phi) is 9.41. The molecule has 4 heterocycles. The second-order valence-corrected chi connectivity index (χ2v) is 12.9. The quantitative estimate of drug-likeness (QED) is 0.233. The SMILES string of the molecule is C=C(OC[C@@H]1CCCN1C)N1CCC(c2ccc(C)c(/C(=C(\CCC)c3cn4ncnc4c(C)c3C)C(C)C)c2)CC1. The van der Waals surface area contributed by atoms with Gasteiger partial charge in [0, 0.05) is 25.3 Å². The molecule has 2 aromatic heterocycles. The number of ether oxygens (including phenoxy) is 1. The Labute approximate surface area is 253 Å². The van der Waals surface area contributed by atoms with Gasteiger partial charge in [-0.25, -0.2) is 9.50 Å². The highest BCUT2D eigenvalue weighted by atomic mass is 16.5. The molecule has 0 saturated carbocycles. The zero-order valence-corrected chi connectivity index (χ0v) is 27.0. The first-order chi connectivity index (χ1) is 20.2. The highest BCUT2D eigenvalue weighted by molar-refractivity contribution is 5.93. The van der Waals surface area contributed by atoms with E-state index in [0.717, 1.165) is 56.9 Å². The highest BCUT2D eigenvalue weighted by Gasteiger charge is 2.26. The summed E-state index contributed by atoms with van der Waals surface area (Å²) < 4.78 is 8.12. The largest absolute Gasteiger partial charge is 0.478 e. The Morgan fingerprint density at radius 1 is 1.05 bits per heavy atom. The van der Waals surface area contributed by atoms with E-state index in [1.165, 1.54) is 63.9 Å². The van der Waals surface area contributed by atoms with Crippen molar-refractivity contribution in [2.75, 3.05) is 33.3 Å². The van der Waals surface area contributed by atoms with E-state index in [2.05, 4.69) is 99.4 Å². The van der Waals surface area contributed by atoms with Crippen LogP contribution in [0.2, 0.25) is 0 Å². The molecule has 0 N–H and O–H groups in total. The summed E-state index contributed by atoms with van der Waals surface area (Å²) in [5, 5.41) is 4.51. The lowest BCUT2D eigenvalue weighted by atomic mass is 9.80. The number of allylic oxidation sites excluding steroid dienone is 2. The molecule has 1 atom stereocenters. The molecule has 6 heteroatoms. The zero-order chi connectivity index (χ0) is 30.0. The molecule has 2 saturated heterocycles. The Morgan fingerprint density at radius 2 is 1.81 bits per heavy atom. The van der Waals surface area contributed by atoms with Crippen molar-refractivity contribution in [3.05, 3.63) is 76.6 Å². The first kappa shape index (κ1) is 30.3. The number of benzene rings is 1. The van der Waals surface area contributed by atoms with Gasteiger partial charge in [0.25, 0.3) is 0 Å². The Hall–Kier alpha value is -3.12. The molecule has 226 valence electrons. The molecular formula is C36H51N5O. The summed E-state index contributed by atoms with van der Waals surface area (Å²) in [5.74, 6) is 1.79. The van der Waals surface area contributed by atoms with Crippen LogP contribution in [0.1, 0.15) is 98.6 Å². The van der Waals surface area contributed by atoms with Crippen molar-refractivity contribution in [2.45, 2.75) is 92.0 Å². The van der Waals surface area contributed by atoms with Crippen LogP contribution in [0.15, 0.2) is 43.2 Å². The number of hydrogen-bond acceptors (Lipinski definition) is 5. The molecule has 0 bridgehead atoms. The second-order valence-electron chi connectivity index (χ2n) is 12.9. The standard InChI is InChI=1S/C36H51N5O/c1-9-11-32(34-21-41-36(37-23-38-41)27(6)26(34)5)35(24(2)3)33-20-30(14-13-25(33)4)29-15-18-40(19-16-29)28(7)42-22-31-12-10-17-39(31)8/h13-14,20-21,23-24,29,31H,7,9-12,15-19,22H2,1-6,8H3/b35-32+/t31-/m0/s1. The molecule has 2 aliphatic heterocycles. The van der Waals surface area contributed by atoms with E-state index in [1.54, 1.807) is 6.33 Å². The molecular weight excluding hydrogens is 518 g/mol. The fourth-order valence-electron chi connectivity index (χ4n) is 7.11. The van der Waals surface area contributed by atoms with Crippen molar-refractivity contribution in [1.82, 2.24) is 24.4 Å². The van der Waals surface area contributed by atoms with Crippen molar-refractivity contribution < 1.29 is 4.74 Å². The summed E-state index contributed by atoms with van der Waals surface area (Å²) in [5.41, 5.74) is 11.9. The molecule has 6 nitrogen and oxygen atoms in total. The van der Waals surface area contributed by atoms with E-state index in [9.17, 15) is 0 Å². The third-order valence-electron chi connectivity index (χ3n) is 9.84. The van der Waals surface area contributed by atoms with E-state index >= 15 is 0 Å². The van der Waals surface area contributed by atoms with Crippen LogP contribution in [0.25, 0.3) is 16.8 Å². The number of rotatable bonds is 10. The van der Waals surface area contributed by atoms with Gasteiger partial charge in [-0.1, -0.05) is 45.4 Å². The van der Waals surface area contributed by atoms with E-state index in [-0.39, 0.29) is 0 Å². The molecule has 0 spiro atoms. The molecule has 0 radical (unpaired) electrons. The number of likely N-dealkylation sites (N-methyl/N-ethyl adjacent to an activating group) is 1. The van der Waals surface area contributed by atoms with Gasteiger partial charge in [0.1, 0.15) is 12.9 Å². The number of piperidine rings is 1. The summed E-state index contributed by atoms with van der Waals surface area (Å²) >= 11 is 0. The number of pyridine rings is 1. The van der Waals surface area contributed by atoms with E-state index in [4.69, 9.17) is 4.74 Å². The van der Waals surface area contributed by atoms with Crippen molar-refractivity contribution in [1.29, 1.82) is 0 Å². The number of likely N-dealkylation sites (tertiary alicyclic amines) is 2. The number of nitrogens with zero attached hydrogens (tertiary/aromatic N) is 5. The third kappa shape index (κ3) is 6.15. The first-order valence-corrected chi connectivity index (χ1v) is 16.1. The van der Waals surface area contributed by atoms with Gasteiger partial charge in [-0.15, -0.1) is 0 Å². The zero-order valence-electron chi connectivity index (χ0n) is 27.0. The molecule has 42 heavy (non-hydrogen) atoms. The monoisotopic (exact) mass is 569 g/mol. The van der Waals surface area contributed by atoms with Gasteiger partial charge in [0.2, 0.25) is 0 Å². The van der Waals surface area contributed by atoms with Gasteiger partial charge in [-0.05, 0) is 129 Å². The molecule has 2 aliphatic rings. The molecule has 2 fully saturated rings. The van der Waals surface area contributed by atoms with Crippen LogP contribution >= 0.6 is 0 Å². The Morgan fingerprint density at radius 3 is 2.48 bits per heavy atom. The third-order valence-corrected chi connectivity index (χ3v) is 9.84. The minimum absolute atomic E-state index is 0.396. The summed E-state index contributed by atoms with van der Waals surface area (Å²) in [6, 6.07) is 7.76. The minimum Gasteiger partial charge on any atom is -0.478 e. The average Bonchev–Trinajstić information content (AvgIpc) is 3.63. The van der Waals surface area contributed by atoms with Gasteiger partial charge in [-0.3, -0.25) is 0 Å². The van der Waals surface area contributed by atoms with E-state index in [0.29, 0.717) is 17.9 Å². The topological polar surface area (TPSA) is 45.9 Å². The number of hydrogen-bond donors (Lipinski definition) is 0. The molecule has 3 aromatic rings. The number of aromatic nitrogens is 3. The summed E-state index contributed by atoms with van der Waals surface area (Å²) in [7, 11) is 2.20. The number of fused-ring (bicyclic) bond motifs is 1. The van der Waals surface area contributed by atoms with Gasteiger partial charge < -0.3 is 14.5 Å². The van der Waals surface area contributed by atoms with Gasteiger partial charge in [-0.2, -0.15) is 5.10 Å². The average molecular weight is 570 g/mol. The van der Waals surface area contributed by atoms with Crippen molar-refractivity contribution in [2.24, 2.45) is 5.92 Å². The smallest absolute Gasteiger partial charge is 0.181 e. The summed E-state index contributed by atoms with van der Waals surface area (Å²) in [6.07, 6.45) is 10.7. The molecule has 5 rings (SSSR count). The fourth-order valence-corrected chi connectivity index (χ4v) is 7.11. The Balaban J connectivity index is 1.40. The normalized spacial score (nSPS) is 19.1. The summed E-state index contributed by atoms with van der Waals surface area (Å²) in [6.45, 7) is 21.9. The van der Waals surface area contributed by atoms with Crippen LogP contribution in [0.4, 0.5) is 0 Å². The molecule has 0 aliphatic carbocycles. The lowest BCUT2D eigenvalue weighted by Crippen LogP contribution is -2.35. The van der Waals surface area contributed by atoms with E-state index in [1.807, 2.05) is 4.52 Å². The van der Waals surface area contributed by atoms with Crippen LogP contribution in [0.5, 0.6) is 0 Å². The van der Waals surface area contributed by atoms with Crippen LogP contribution in [-0.2, 0) is 4.74 Å². The fraction of sp³-hybridized carbons (Fsp3) is 0.556. The van der Waals surface area contributed by atoms with Crippen molar-refractivity contribution >= 4 is 16.8 Å². The van der Waals surface area contributed by atoms with Crippen LogP contribution in [0.3, 0.4) is 0 Å². The van der Waals surface area contributed by atoms with Crippen LogP contribution in [0, 0.1) is 26.7 Å². The molecule has 1 aromatic carbocycles. The van der Waals surface area contributed by atoms with Gasteiger partial charge in [0.05, 0.1) is 0 Å². The van der Waals surface area contributed by atoms with Crippen molar-refractivity contribution in [3.63, 3.8) is 0 Å². The number of aryl methyl sites for hydroxylation is 2. The van der Waals surface area contributed by atoms with E-state index < -0.39 is 0 Å². The van der Waals surface area contributed by atoms with Gasteiger partial charge >= 0.3 is 0 Å². The molecule has 0 amide bonds. The Bertz CT molecular complexity index is 1440. The van der Waals surface area contributed by atoms with Crippen molar-refractivity contribution in [3.8, 4) is 0 Å². The molecule has 0 unspecified atom stereocenters. The second kappa shape index (κ2) is 13.0. The summed E-state index contributed by atoms with van der Waals surface area (Å²) in [4.78, 5) is 9.27.